The van der Waals surface area contributed by atoms with Gasteiger partial charge in [0.05, 0.1) is 0 Å². The Labute approximate surface area is 344 Å². The van der Waals surface area contributed by atoms with Crippen molar-refractivity contribution in [1.82, 2.24) is 0 Å². The minimum atomic E-state index is -3.35. The van der Waals surface area contributed by atoms with E-state index in [4.69, 9.17) is 0 Å². The normalized spacial score (nSPS) is 14.3. The van der Waals surface area contributed by atoms with Gasteiger partial charge in [-0.05, 0) is 0 Å². The first-order valence-corrected chi connectivity index (χ1v) is 26.2. The Morgan fingerprint density at radius 1 is 0.500 bits per heavy atom. The van der Waals surface area contributed by atoms with Gasteiger partial charge in [0, 0.05) is 0 Å². The molecule has 0 nitrogen and oxygen atoms in total. The number of allylic oxidation sites excluding steroid dienone is 4. The van der Waals surface area contributed by atoms with E-state index in [1.807, 2.05) is 0 Å². The van der Waals surface area contributed by atoms with Gasteiger partial charge in [-0.1, -0.05) is 0 Å². The summed E-state index contributed by atoms with van der Waals surface area (Å²) in [6.07, 6.45) is 9.34. The average molecular weight is 900 g/mol. The van der Waals surface area contributed by atoms with E-state index in [0.29, 0.717) is 0 Å². The Hall–Kier alpha value is -3.94. The second-order valence-corrected chi connectivity index (χ2v) is 29.2. The summed E-state index contributed by atoms with van der Waals surface area (Å²) >= 11 is -3.35. The van der Waals surface area contributed by atoms with Crippen molar-refractivity contribution in [2.45, 2.75) is 118 Å². The molecule has 0 saturated carbocycles. The van der Waals surface area contributed by atoms with Crippen LogP contribution in [0.1, 0.15) is 134 Å². The number of fused-ring (bicyclic) bond motifs is 5. The molecule has 0 heterocycles. The second-order valence-electron chi connectivity index (χ2n) is 20.6. The predicted molar refractivity (Wildman–Crippen MR) is 242 cm³/mol. The number of benzene rings is 6. The van der Waals surface area contributed by atoms with Crippen LogP contribution in [0.5, 0.6) is 0 Å². The molecule has 2 aliphatic rings. The van der Waals surface area contributed by atoms with Crippen molar-refractivity contribution < 1.29 is 21.0 Å². The summed E-state index contributed by atoms with van der Waals surface area (Å²) in [7, 11) is 0. The van der Waals surface area contributed by atoms with Crippen LogP contribution in [0.3, 0.4) is 0 Å². The van der Waals surface area contributed by atoms with E-state index in [9.17, 15) is 0 Å². The zero-order valence-electron chi connectivity index (χ0n) is 36.0. The van der Waals surface area contributed by atoms with Gasteiger partial charge in [-0.15, -0.1) is 0 Å². The number of rotatable bonds is 4. The van der Waals surface area contributed by atoms with E-state index >= 15 is 0 Å². The molecule has 1 heteroatoms. The van der Waals surface area contributed by atoms with Crippen LogP contribution >= 0.6 is 0 Å². The first-order chi connectivity index (χ1) is 26.3. The Kier molecular flexibility index (Phi) is 9.64. The van der Waals surface area contributed by atoms with Crippen LogP contribution in [-0.2, 0) is 49.0 Å². The molecule has 0 N–H and O–H groups in total. The van der Waals surface area contributed by atoms with Crippen LogP contribution in [0.4, 0.5) is 0 Å². The van der Waals surface area contributed by atoms with Crippen molar-refractivity contribution in [3.63, 3.8) is 0 Å². The molecule has 56 heavy (non-hydrogen) atoms. The van der Waals surface area contributed by atoms with Crippen molar-refractivity contribution in [2.75, 3.05) is 0 Å². The van der Waals surface area contributed by atoms with Crippen molar-refractivity contribution in [3.8, 4) is 11.1 Å². The van der Waals surface area contributed by atoms with Gasteiger partial charge in [0.25, 0.3) is 0 Å². The summed E-state index contributed by atoms with van der Waals surface area (Å²) in [4.78, 5) is 0. The molecule has 0 bridgehead atoms. The molecule has 0 aliphatic heterocycles. The van der Waals surface area contributed by atoms with E-state index in [-0.39, 0.29) is 21.7 Å². The van der Waals surface area contributed by atoms with Crippen LogP contribution in [-0.4, -0.2) is 3.26 Å². The second kappa shape index (κ2) is 13.9. The quantitative estimate of drug-likeness (QED) is 0.154. The zero-order chi connectivity index (χ0) is 39.9. The molecule has 0 atom stereocenters. The molecule has 2 aliphatic carbocycles. The van der Waals surface area contributed by atoms with E-state index < -0.39 is 21.0 Å². The first-order valence-electron chi connectivity index (χ1n) is 20.8. The summed E-state index contributed by atoms with van der Waals surface area (Å²) in [6.45, 7) is 29.2. The van der Waals surface area contributed by atoms with Crippen LogP contribution in [0.15, 0.2) is 125 Å². The molecule has 0 radical (unpaired) electrons. The molecule has 284 valence electrons. The average Bonchev–Trinajstić information content (AvgIpc) is 3.79. The van der Waals surface area contributed by atoms with Crippen LogP contribution in [0.25, 0.3) is 32.7 Å². The summed E-state index contributed by atoms with van der Waals surface area (Å²) in [5.74, 6) is 0. The van der Waals surface area contributed by atoms with Gasteiger partial charge in [-0.3, -0.25) is 0 Å². The van der Waals surface area contributed by atoms with Crippen molar-refractivity contribution in [1.29, 1.82) is 0 Å². The Morgan fingerprint density at radius 2 is 1.00 bits per heavy atom. The van der Waals surface area contributed by atoms with Gasteiger partial charge in [-0.2, -0.15) is 0 Å². The van der Waals surface area contributed by atoms with Gasteiger partial charge in [0.15, 0.2) is 0 Å². The molecular weight excluding hydrogens is 839 g/mol. The topological polar surface area (TPSA) is 0 Å². The van der Waals surface area contributed by atoms with E-state index in [2.05, 4.69) is 204 Å². The van der Waals surface area contributed by atoms with Crippen molar-refractivity contribution in [3.05, 3.63) is 169 Å². The van der Waals surface area contributed by atoms with Crippen LogP contribution < -0.4 is 3.32 Å². The van der Waals surface area contributed by atoms with E-state index in [0.717, 1.165) is 12.8 Å². The predicted octanol–water partition coefficient (Wildman–Crippen LogP) is 14.1. The molecule has 0 unspecified atom stereocenters. The third-order valence-corrected chi connectivity index (χ3v) is 23.5. The third-order valence-electron chi connectivity index (χ3n) is 12.2. The third kappa shape index (κ3) is 7.01. The monoisotopic (exact) mass is 900 g/mol. The van der Waals surface area contributed by atoms with E-state index in [1.54, 1.807) is 21.0 Å². The summed E-state index contributed by atoms with van der Waals surface area (Å²) in [6, 6.07) is 40.4. The fraction of sp³-hybridized carbons (Fsp3) is 0.327. The molecule has 0 amide bonds. The summed E-state index contributed by atoms with van der Waals surface area (Å²) < 4.78 is 5.04. The summed E-state index contributed by atoms with van der Waals surface area (Å²) in [5.41, 5.74) is 15.0. The van der Waals surface area contributed by atoms with Gasteiger partial charge >= 0.3 is 347 Å². The molecule has 0 fully saturated rings. The zero-order valence-corrected chi connectivity index (χ0v) is 39.6. The molecule has 8 rings (SSSR count). The Morgan fingerprint density at radius 3 is 1.48 bits per heavy atom. The summed E-state index contributed by atoms with van der Waals surface area (Å²) in [5, 5.41) is 5.23. The number of hydrogen-bond acceptors (Lipinski definition) is 0. The maximum atomic E-state index is 2.66. The Bertz CT molecular complexity index is 2560. The first kappa shape index (κ1) is 38.9. The minimum absolute atomic E-state index is 0.0291. The van der Waals surface area contributed by atoms with Gasteiger partial charge in [-0.25, -0.2) is 0 Å². The van der Waals surface area contributed by atoms with Gasteiger partial charge in [0.1, 0.15) is 0 Å². The molecule has 6 aromatic carbocycles. The SMILES string of the molecule is CC(C)(C)c1cc2c(cc1C(C)(C)C)-c1cc(C(C)(C)C)c(C(C)(C)C)[c]([Hf]([C]3=CC=CC3)=[C](c3ccc4ccccc4c3)c3ccc4ccccc4c3)c1C2. The van der Waals surface area contributed by atoms with Crippen LogP contribution in [0, 0.1) is 0 Å². The number of hydrogen-bond donors (Lipinski definition) is 0. The molecular formula is C55H60Hf. The Balaban J connectivity index is 1.58. The fourth-order valence-electron chi connectivity index (χ4n) is 9.49. The van der Waals surface area contributed by atoms with Crippen molar-refractivity contribution in [2.24, 2.45) is 0 Å². The fourth-order valence-corrected chi connectivity index (χ4v) is 22.6. The maximum absolute atomic E-state index is 3.35. The van der Waals surface area contributed by atoms with Gasteiger partial charge in [0.2, 0.25) is 0 Å². The van der Waals surface area contributed by atoms with Gasteiger partial charge < -0.3 is 0 Å². The molecule has 0 aromatic heterocycles. The van der Waals surface area contributed by atoms with Crippen molar-refractivity contribution >= 4 is 28.1 Å². The van der Waals surface area contributed by atoms with E-state index in [1.165, 1.54) is 66.1 Å². The van der Waals surface area contributed by atoms with Crippen LogP contribution in [0.2, 0.25) is 0 Å². The standard InChI is InChI=1S/C29H41.C21H14.C5H5.Hf/c1-26(2,3)22-14-18-13-19-15-23(27(4,5)6)25(29(10,11)12)17-21(19)20(18)16-24(22)28(7,8)9;1-3-7-20-14-16(9-11-18(20)5-1)13-17-10-12-19-6-2-4-8-21(19)15-17;1-2-4-5-3-1;/h14,16-17H,13H2,1-12H3;1-12,14-15H;1-3H,4H2;. The molecule has 6 aromatic rings. The molecule has 0 spiro atoms. The molecule has 0 saturated heterocycles.